The molecule has 0 N–H and O–H groups in total. The van der Waals surface area contributed by atoms with E-state index >= 15 is 0 Å². The van der Waals surface area contributed by atoms with E-state index in [0.29, 0.717) is 0 Å². The van der Waals surface area contributed by atoms with Crippen molar-refractivity contribution in [3.05, 3.63) is 77.9 Å². The molecule has 2 aromatic carbocycles. The number of hydrogen-bond acceptors (Lipinski definition) is 0. The lowest BCUT2D eigenvalue weighted by Crippen LogP contribution is -2.15. The Hall–Kier alpha value is -2.08. The van der Waals surface area contributed by atoms with Crippen LogP contribution < -0.4 is 0 Å². The molecule has 0 saturated heterocycles. The maximum Gasteiger partial charge on any atom is 0.0159 e. The number of hydrogen-bond donors (Lipinski definition) is 0. The zero-order chi connectivity index (χ0) is 14.3. The second kappa shape index (κ2) is 4.49. The predicted octanol–water partition coefficient (Wildman–Crippen LogP) is 5.58. The van der Waals surface area contributed by atoms with Crippen LogP contribution in [0.3, 0.4) is 0 Å². The summed E-state index contributed by atoms with van der Waals surface area (Å²) >= 11 is 0. The minimum absolute atomic E-state index is 0.0798. The number of benzene rings is 2. The number of rotatable bonds is 2. The van der Waals surface area contributed by atoms with Gasteiger partial charge in [-0.2, -0.15) is 0 Å². The number of fused-ring (bicyclic) bond motifs is 3. The van der Waals surface area contributed by atoms with Gasteiger partial charge in [0.2, 0.25) is 0 Å². The van der Waals surface area contributed by atoms with Gasteiger partial charge < -0.3 is 0 Å². The molecule has 3 rings (SSSR count). The second-order valence-electron chi connectivity index (χ2n) is 6.02. The Labute approximate surface area is 121 Å². The van der Waals surface area contributed by atoms with Gasteiger partial charge in [-0.3, -0.25) is 0 Å². The molecule has 0 amide bonds. The molecule has 20 heavy (non-hydrogen) atoms. The molecule has 0 heterocycles. The summed E-state index contributed by atoms with van der Waals surface area (Å²) in [7, 11) is 0. The smallest absolute Gasteiger partial charge is 0.0159 e. The van der Waals surface area contributed by atoms with Crippen molar-refractivity contribution in [2.75, 3.05) is 0 Å². The van der Waals surface area contributed by atoms with Crippen LogP contribution in [0.4, 0.5) is 0 Å². The van der Waals surface area contributed by atoms with Crippen molar-refractivity contribution >= 4 is 5.57 Å². The summed E-state index contributed by atoms with van der Waals surface area (Å²) in [5.74, 6) is 0. The second-order valence-corrected chi connectivity index (χ2v) is 6.02. The molecule has 0 fully saturated rings. The van der Waals surface area contributed by atoms with Gasteiger partial charge in [0.25, 0.3) is 0 Å². The number of allylic oxidation sites excluding steroid dienone is 3. The molecular formula is C20H20. The van der Waals surface area contributed by atoms with Crippen molar-refractivity contribution in [1.82, 2.24) is 0 Å². The monoisotopic (exact) mass is 260 g/mol. The van der Waals surface area contributed by atoms with Crippen LogP contribution in [0.1, 0.15) is 37.5 Å². The fraction of sp³-hybridized carbons (Fsp3) is 0.200. The molecule has 0 saturated carbocycles. The van der Waals surface area contributed by atoms with Gasteiger partial charge in [-0.15, -0.1) is 0 Å². The lowest BCUT2D eigenvalue weighted by Gasteiger charge is -2.22. The van der Waals surface area contributed by atoms with E-state index in [-0.39, 0.29) is 5.41 Å². The van der Waals surface area contributed by atoms with Crippen LogP contribution >= 0.6 is 0 Å². The SMILES string of the molecule is C=CC=C(C)c1ccc2c(c1)C(C)(C)c1ccccc1-2. The van der Waals surface area contributed by atoms with Gasteiger partial charge in [0, 0.05) is 5.41 Å². The van der Waals surface area contributed by atoms with E-state index in [9.17, 15) is 0 Å². The average Bonchev–Trinajstić information content (AvgIpc) is 2.68. The Morgan fingerprint density at radius 3 is 2.45 bits per heavy atom. The van der Waals surface area contributed by atoms with E-state index in [1.54, 1.807) is 0 Å². The molecule has 2 aromatic rings. The summed E-state index contributed by atoms with van der Waals surface area (Å²) in [5.41, 5.74) is 8.23. The van der Waals surface area contributed by atoms with Gasteiger partial charge in [-0.1, -0.05) is 69.0 Å². The summed E-state index contributed by atoms with van der Waals surface area (Å²) in [6, 6.07) is 15.6. The van der Waals surface area contributed by atoms with Crippen LogP contribution in [-0.2, 0) is 5.41 Å². The molecule has 0 aromatic heterocycles. The van der Waals surface area contributed by atoms with E-state index in [0.717, 1.165) is 0 Å². The first-order valence-electron chi connectivity index (χ1n) is 7.10. The van der Waals surface area contributed by atoms with Crippen LogP contribution in [0.15, 0.2) is 61.2 Å². The first-order valence-corrected chi connectivity index (χ1v) is 7.10. The predicted molar refractivity (Wildman–Crippen MR) is 87.9 cm³/mol. The van der Waals surface area contributed by atoms with Gasteiger partial charge >= 0.3 is 0 Å². The van der Waals surface area contributed by atoms with Gasteiger partial charge in [-0.05, 0) is 46.4 Å². The average molecular weight is 260 g/mol. The Kier molecular flexibility index (Phi) is 2.90. The maximum atomic E-state index is 3.78. The first-order chi connectivity index (χ1) is 9.55. The van der Waals surface area contributed by atoms with Crippen LogP contribution in [0.25, 0.3) is 16.7 Å². The summed E-state index contributed by atoms with van der Waals surface area (Å²) in [5, 5.41) is 0. The molecule has 1 aliphatic rings. The summed E-state index contributed by atoms with van der Waals surface area (Å²) in [6.07, 6.45) is 3.92. The van der Waals surface area contributed by atoms with Gasteiger partial charge in [0.15, 0.2) is 0 Å². The molecule has 1 aliphatic carbocycles. The van der Waals surface area contributed by atoms with E-state index in [1.807, 2.05) is 6.08 Å². The van der Waals surface area contributed by atoms with E-state index < -0.39 is 0 Å². The van der Waals surface area contributed by atoms with Gasteiger partial charge in [-0.25, -0.2) is 0 Å². The quantitative estimate of drug-likeness (QED) is 0.618. The highest BCUT2D eigenvalue weighted by atomic mass is 14.4. The molecule has 0 nitrogen and oxygen atoms in total. The van der Waals surface area contributed by atoms with Crippen molar-refractivity contribution in [3.8, 4) is 11.1 Å². The molecular weight excluding hydrogens is 240 g/mol. The third-order valence-corrected chi connectivity index (χ3v) is 4.41. The van der Waals surface area contributed by atoms with Crippen LogP contribution in [0, 0.1) is 0 Å². The Balaban J connectivity index is 2.22. The van der Waals surface area contributed by atoms with Crippen molar-refractivity contribution in [2.24, 2.45) is 0 Å². The minimum Gasteiger partial charge on any atom is -0.0991 e. The van der Waals surface area contributed by atoms with Crippen LogP contribution in [0.2, 0.25) is 0 Å². The minimum atomic E-state index is 0.0798. The van der Waals surface area contributed by atoms with Gasteiger partial charge in [0.1, 0.15) is 0 Å². The fourth-order valence-corrected chi connectivity index (χ4v) is 3.22. The molecule has 0 spiro atoms. The maximum absolute atomic E-state index is 3.78. The lowest BCUT2D eigenvalue weighted by atomic mass is 9.81. The summed E-state index contributed by atoms with van der Waals surface area (Å²) in [6.45, 7) is 10.5. The standard InChI is InChI=1S/C20H20/c1-5-8-14(2)15-11-12-17-16-9-6-7-10-18(16)20(3,4)19(17)13-15/h5-13H,1H2,2-4H3. The Morgan fingerprint density at radius 1 is 1.00 bits per heavy atom. The molecule has 0 radical (unpaired) electrons. The third kappa shape index (κ3) is 1.76. The van der Waals surface area contributed by atoms with Crippen molar-refractivity contribution in [2.45, 2.75) is 26.2 Å². The van der Waals surface area contributed by atoms with Crippen molar-refractivity contribution in [1.29, 1.82) is 0 Å². The zero-order valence-corrected chi connectivity index (χ0v) is 12.4. The van der Waals surface area contributed by atoms with Crippen LogP contribution in [0.5, 0.6) is 0 Å². The lowest BCUT2D eigenvalue weighted by molar-refractivity contribution is 0.660. The van der Waals surface area contributed by atoms with E-state index in [4.69, 9.17) is 0 Å². The highest BCUT2D eigenvalue weighted by Crippen LogP contribution is 2.48. The van der Waals surface area contributed by atoms with Gasteiger partial charge in [0.05, 0.1) is 0 Å². The fourth-order valence-electron chi connectivity index (χ4n) is 3.22. The highest BCUT2D eigenvalue weighted by Gasteiger charge is 2.34. The van der Waals surface area contributed by atoms with Crippen LogP contribution in [-0.4, -0.2) is 0 Å². The Morgan fingerprint density at radius 2 is 1.70 bits per heavy atom. The molecule has 0 unspecified atom stereocenters. The zero-order valence-electron chi connectivity index (χ0n) is 12.4. The Bertz CT molecular complexity index is 715. The largest absolute Gasteiger partial charge is 0.0991 e. The molecule has 0 bridgehead atoms. The van der Waals surface area contributed by atoms with Crippen molar-refractivity contribution < 1.29 is 0 Å². The van der Waals surface area contributed by atoms with E-state index in [1.165, 1.54) is 33.4 Å². The summed E-state index contributed by atoms with van der Waals surface area (Å²) in [4.78, 5) is 0. The highest BCUT2D eigenvalue weighted by molar-refractivity contribution is 5.82. The summed E-state index contributed by atoms with van der Waals surface area (Å²) < 4.78 is 0. The van der Waals surface area contributed by atoms with E-state index in [2.05, 4.69) is 75.9 Å². The molecule has 0 heteroatoms. The first kappa shape index (κ1) is 12.9. The molecule has 100 valence electrons. The molecule has 0 atom stereocenters. The van der Waals surface area contributed by atoms with Crippen molar-refractivity contribution in [3.63, 3.8) is 0 Å². The molecule has 0 aliphatic heterocycles. The normalized spacial score (nSPS) is 15.7. The topological polar surface area (TPSA) is 0 Å². The third-order valence-electron chi connectivity index (χ3n) is 4.41.